The normalized spacial score (nSPS) is 19.7. The Kier molecular flexibility index (Phi) is 7.60. The molecule has 0 spiro atoms. The summed E-state index contributed by atoms with van der Waals surface area (Å²) in [6.07, 6.45) is 3.45. The lowest BCUT2D eigenvalue weighted by atomic mass is 10.0. The molecule has 13 heteroatoms. The summed E-state index contributed by atoms with van der Waals surface area (Å²) in [5.41, 5.74) is 10.0. The number of carbonyl (C=O) groups excluding carboxylic acids is 4. The lowest BCUT2D eigenvalue weighted by Crippen LogP contribution is -2.54. The molecular formula is C36H32N8O5. The number of hydrogen-bond donors (Lipinski definition) is 2. The number of amides is 4. The van der Waals surface area contributed by atoms with Gasteiger partial charge in [-0.15, -0.1) is 0 Å². The van der Waals surface area contributed by atoms with Crippen LogP contribution in [-0.2, 0) is 16.1 Å². The number of para-hydroxylation sites is 1. The maximum Gasteiger partial charge on any atom is 0.262 e. The molecule has 13 nitrogen and oxygen atoms in total. The average molecular weight is 657 g/mol. The van der Waals surface area contributed by atoms with Crippen LogP contribution in [-0.4, -0.2) is 72.3 Å². The van der Waals surface area contributed by atoms with Gasteiger partial charge in [0, 0.05) is 25.1 Å². The Hall–Kier alpha value is -5.95. The topological polar surface area (TPSA) is 166 Å². The number of fused-ring (bicyclic) bond motifs is 2. The zero-order chi connectivity index (χ0) is 33.6. The van der Waals surface area contributed by atoms with Crippen LogP contribution in [0.3, 0.4) is 0 Å². The third kappa shape index (κ3) is 5.57. The predicted molar refractivity (Wildman–Crippen MR) is 178 cm³/mol. The minimum absolute atomic E-state index is 0.000593. The quantitative estimate of drug-likeness (QED) is 0.244. The highest BCUT2D eigenvalue weighted by atomic mass is 16.5. The van der Waals surface area contributed by atoms with E-state index in [1.165, 1.54) is 6.33 Å². The molecule has 2 fully saturated rings. The molecule has 49 heavy (non-hydrogen) atoms. The van der Waals surface area contributed by atoms with E-state index in [0.29, 0.717) is 41.4 Å². The molecule has 3 N–H and O–H groups in total. The van der Waals surface area contributed by atoms with Crippen LogP contribution in [0.2, 0.25) is 0 Å². The lowest BCUT2D eigenvalue weighted by Gasteiger charge is -2.33. The second-order valence-electron chi connectivity index (χ2n) is 12.5. The number of likely N-dealkylation sites (tertiary alicyclic amines) is 1. The van der Waals surface area contributed by atoms with E-state index in [-0.39, 0.29) is 30.0 Å². The van der Waals surface area contributed by atoms with Gasteiger partial charge in [-0.2, -0.15) is 5.10 Å². The van der Waals surface area contributed by atoms with Crippen molar-refractivity contribution < 1.29 is 23.9 Å². The fourth-order valence-electron chi connectivity index (χ4n) is 7.01. The molecule has 5 heterocycles. The molecule has 0 bridgehead atoms. The van der Waals surface area contributed by atoms with Crippen molar-refractivity contribution in [1.29, 1.82) is 0 Å². The number of carbonyl (C=O) groups is 4. The molecule has 3 aliphatic heterocycles. The standard InChI is InChI=1S/C36H32N8O5/c37-32-30-31(22-9-11-25(12-10-22)49-24-6-2-1-3-7-24)41-44(33(30)39-20-38-32)23-5-4-16-42(19-23)18-21-8-13-26-27(17-21)36(48)43(35(26)47)28-14-15-29(45)40-34(28)46/h1-3,6-13,17,20,23,28H,4-5,14-16,18-19H2,(H2,37,38,39)(H,40,45,46)/t23-,28?/m1/s1. The van der Waals surface area contributed by atoms with Crippen LogP contribution < -0.4 is 15.8 Å². The number of rotatable bonds is 7. The second kappa shape index (κ2) is 12.3. The van der Waals surface area contributed by atoms with Gasteiger partial charge in [0.25, 0.3) is 11.8 Å². The average Bonchev–Trinajstić information content (AvgIpc) is 3.61. The Labute approximate surface area is 280 Å². The molecule has 2 saturated heterocycles. The molecule has 3 aromatic carbocycles. The van der Waals surface area contributed by atoms with E-state index in [0.717, 1.165) is 41.2 Å². The van der Waals surface area contributed by atoms with Crippen molar-refractivity contribution in [1.82, 2.24) is 34.9 Å². The van der Waals surface area contributed by atoms with E-state index in [4.69, 9.17) is 15.6 Å². The molecule has 3 aliphatic rings. The second-order valence-corrected chi connectivity index (χ2v) is 12.5. The molecule has 246 valence electrons. The zero-order valence-corrected chi connectivity index (χ0v) is 26.4. The minimum Gasteiger partial charge on any atom is -0.457 e. The van der Waals surface area contributed by atoms with Crippen molar-refractivity contribution in [3.63, 3.8) is 0 Å². The molecule has 2 atom stereocenters. The highest BCUT2D eigenvalue weighted by Gasteiger charge is 2.44. The lowest BCUT2D eigenvalue weighted by molar-refractivity contribution is -0.136. The van der Waals surface area contributed by atoms with E-state index in [1.807, 2.05) is 65.3 Å². The maximum absolute atomic E-state index is 13.4. The van der Waals surface area contributed by atoms with Crippen LogP contribution in [0.25, 0.3) is 22.3 Å². The number of hydrogen-bond acceptors (Lipinski definition) is 10. The van der Waals surface area contributed by atoms with Crippen molar-refractivity contribution in [2.24, 2.45) is 0 Å². The Bertz CT molecular complexity index is 2130. The summed E-state index contributed by atoms with van der Waals surface area (Å²) in [6.45, 7) is 2.07. The highest BCUT2D eigenvalue weighted by Crippen LogP contribution is 2.35. The Balaban J connectivity index is 1.02. The van der Waals surface area contributed by atoms with Gasteiger partial charge in [0.1, 0.15) is 35.4 Å². The number of nitrogens with one attached hydrogen (secondary N) is 1. The Morgan fingerprint density at radius 1 is 0.878 bits per heavy atom. The molecule has 2 aromatic heterocycles. The van der Waals surface area contributed by atoms with E-state index in [2.05, 4.69) is 20.2 Å². The number of nitrogens with zero attached hydrogens (tertiary/aromatic N) is 6. The first-order chi connectivity index (χ1) is 23.8. The Morgan fingerprint density at radius 3 is 2.45 bits per heavy atom. The summed E-state index contributed by atoms with van der Waals surface area (Å²) in [5.74, 6) is -0.252. The van der Waals surface area contributed by atoms with Gasteiger partial charge >= 0.3 is 0 Å². The number of imide groups is 2. The van der Waals surface area contributed by atoms with Crippen LogP contribution in [0.1, 0.15) is 58.0 Å². The van der Waals surface area contributed by atoms with Crippen molar-refractivity contribution in [2.75, 3.05) is 18.8 Å². The first-order valence-corrected chi connectivity index (χ1v) is 16.2. The van der Waals surface area contributed by atoms with Gasteiger partial charge in [-0.3, -0.25) is 34.3 Å². The van der Waals surface area contributed by atoms with Gasteiger partial charge in [-0.25, -0.2) is 14.6 Å². The minimum atomic E-state index is -0.997. The summed E-state index contributed by atoms with van der Waals surface area (Å²) in [5, 5.41) is 7.98. The number of aromatic nitrogens is 4. The third-order valence-electron chi connectivity index (χ3n) is 9.36. The van der Waals surface area contributed by atoms with Crippen LogP contribution in [0.4, 0.5) is 5.82 Å². The highest BCUT2D eigenvalue weighted by molar-refractivity contribution is 6.23. The number of piperidine rings is 2. The molecule has 5 aromatic rings. The molecule has 0 aliphatic carbocycles. The van der Waals surface area contributed by atoms with E-state index >= 15 is 0 Å². The predicted octanol–water partition coefficient (Wildman–Crippen LogP) is 4.11. The summed E-state index contributed by atoms with van der Waals surface area (Å²) < 4.78 is 7.92. The third-order valence-corrected chi connectivity index (χ3v) is 9.36. The smallest absolute Gasteiger partial charge is 0.262 e. The van der Waals surface area contributed by atoms with E-state index in [9.17, 15) is 19.2 Å². The van der Waals surface area contributed by atoms with Crippen LogP contribution in [0, 0.1) is 0 Å². The molecular weight excluding hydrogens is 624 g/mol. The monoisotopic (exact) mass is 656 g/mol. The molecule has 0 radical (unpaired) electrons. The summed E-state index contributed by atoms with van der Waals surface area (Å²) >= 11 is 0. The number of benzene rings is 3. The van der Waals surface area contributed by atoms with Crippen molar-refractivity contribution in [2.45, 2.75) is 44.3 Å². The van der Waals surface area contributed by atoms with Crippen molar-refractivity contribution in [3.05, 3.63) is 95.8 Å². The fraction of sp³-hybridized carbons (Fsp3) is 0.250. The summed E-state index contributed by atoms with van der Waals surface area (Å²) in [7, 11) is 0. The van der Waals surface area contributed by atoms with Gasteiger partial charge in [0.05, 0.1) is 22.6 Å². The number of anilines is 1. The van der Waals surface area contributed by atoms with Crippen LogP contribution >= 0.6 is 0 Å². The number of nitrogens with two attached hydrogens (primary N) is 1. The fourth-order valence-corrected chi connectivity index (χ4v) is 7.01. The molecule has 4 amide bonds. The first kappa shape index (κ1) is 30.4. The maximum atomic E-state index is 13.4. The Morgan fingerprint density at radius 2 is 1.65 bits per heavy atom. The van der Waals surface area contributed by atoms with Crippen molar-refractivity contribution >= 4 is 40.5 Å². The molecule has 8 rings (SSSR count). The molecule has 0 saturated carbocycles. The van der Waals surface area contributed by atoms with Gasteiger partial charge in [0.15, 0.2) is 5.65 Å². The summed E-state index contributed by atoms with van der Waals surface area (Å²) in [4.78, 5) is 62.8. The van der Waals surface area contributed by atoms with Gasteiger partial charge in [0.2, 0.25) is 11.8 Å². The van der Waals surface area contributed by atoms with E-state index in [1.54, 1.807) is 12.1 Å². The summed E-state index contributed by atoms with van der Waals surface area (Å²) in [6, 6.07) is 21.5. The molecule has 1 unspecified atom stereocenters. The van der Waals surface area contributed by atoms with Crippen molar-refractivity contribution in [3.8, 4) is 22.8 Å². The number of ether oxygens (including phenoxy) is 1. The van der Waals surface area contributed by atoms with Gasteiger partial charge in [-0.1, -0.05) is 24.3 Å². The number of nitrogen functional groups attached to an aromatic ring is 1. The van der Waals surface area contributed by atoms with Crippen LogP contribution in [0.5, 0.6) is 11.5 Å². The zero-order valence-electron chi connectivity index (χ0n) is 26.4. The largest absolute Gasteiger partial charge is 0.457 e. The van der Waals surface area contributed by atoms with Crippen LogP contribution in [0.15, 0.2) is 79.1 Å². The van der Waals surface area contributed by atoms with Gasteiger partial charge < -0.3 is 10.5 Å². The first-order valence-electron chi connectivity index (χ1n) is 16.2. The van der Waals surface area contributed by atoms with Gasteiger partial charge in [-0.05, 0) is 79.9 Å². The van der Waals surface area contributed by atoms with E-state index < -0.39 is 29.7 Å². The SMILES string of the molecule is Nc1ncnc2c1c(-c1ccc(Oc3ccccc3)cc1)nn2[C@@H]1CCCN(Cc2ccc3c(c2)C(=O)N(C2CCC(=O)NC2=O)C3=O)C1.